The Bertz CT molecular complexity index is 1380. The predicted octanol–water partition coefficient (Wildman–Crippen LogP) is 0.708. The van der Waals surface area contributed by atoms with Crippen molar-refractivity contribution in [3.05, 3.63) is 96.2 Å². The molecule has 0 radical (unpaired) electrons. The molecule has 170 valence electrons. The Labute approximate surface area is 185 Å². The number of carbonyl (C=O) groups excluding carboxylic acids is 2. The van der Waals surface area contributed by atoms with E-state index < -0.39 is 45.8 Å². The molecule has 0 fully saturated rings. The molecule has 0 spiro atoms. The Morgan fingerprint density at radius 1 is 1.09 bits per heavy atom. The number of nitrogen functional groups attached to an aromatic ring is 2. The lowest BCUT2D eigenvalue weighted by Gasteiger charge is -2.14. The van der Waals surface area contributed by atoms with E-state index in [-0.39, 0.29) is 23.6 Å². The minimum absolute atomic E-state index is 0.00873. The van der Waals surface area contributed by atoms with Crippen LogP contribution in [0.1, 0.15) is 26.3 Å². The Kier molecular flexibility index (Phi) is 6.38. The number of ketones is 1. The minimum atomic E-state index is -1.04. The molecule has 0 amide bonds. The molecule has 0 saturated heterocycles. The number of aromatic nitrogens is 2. The largest absolute Gasteiger partial charge is 0.454 e. The van der Waals surface area contributed by atoms with Gasteiger partial charge in [-0.3, -0.25) is 28.8 Å². The summed E-state index contributed by atoms with van der Waals surface area (Å²) in [6.45, 7) is -0.866. The molecule has 33 heavy (non-hydrogen) atoms. The summed E-state index contributed by atoms with van der Waals surface area (Å²) in [5, 5.41) is 11.0. The van der Waals surface area contributed by atoms with Crippen molar-refractivity contribution in [1.29, 1.82) is 0 Å². The second-order valence-electron chi connectivity index (χ2n) is 7.01. The van der Waals surface area contributed by atoms with E-state index in [9.17, 15) is 29.3 Å². The van der Waals surface area contributed by atoms with Gasteiger partial charge in [0.15, 0.2) is 6.61 Å². The van der Waals surface area contributed by atoms with E-state index in [0.717, 1.165) is 21.3 Å². The Balaban J connectivity index is 1.87. The molecule has 1 heterocycles. The van der Waals surface area contributed by atoms with Gasteiger partial charge in [-0.15, -0.1) is 0 Å². The lowest BCUT2D eigenvalue weighted by Crippen LogP contribution is -2.43. The van der Waals surface area contributed by atoms with Crippen molar-refractivity contribution in [2.24, 2.45) is 7.05 Å². The fraction of sp³-hybridized carbons (Fsp3) is 0.143. The number of nitrogens with zero attached hydrogens (tertiary/aromatic N) is 3. The van der Waals surface area contributed by atoms with E-state index in [0.29, 0.717) is 5.56 Å². The van der Waals surface area contributed by atoms with Crippen molar-refractivity contribution in [3.8, 4) is 0 Å². The van der Waals surface area contributed by atoms with E-state index in [1.165, 1.54) is 13.1 Å². The molecule has 0 atom stereocenters. The second kappa shape index (κ2) is 9.18. The highest BCUT2D eigenvalue weighted by Crippen LogP contribution is 2.22. The van der Waals surface area contributed by atoms with Gasteiger partial charge in [0.05, 0.1) is 17.0 Å². The molecule has 3 rings (SSSR count). The van der Waals surface area contributed by atoms with E-state index in [1.54, 1.807) is 30.3 Å². The van der Waals surface area contributed by atoms with E-state index in [1.807, 2.05) is 0 Å². The average Bonchev–Trinajstić information content (AvgIpc) is 2.79. The first-order chi connectivity index (χ1) is 15.6. The van der Waals surface area contributed by atoms with Gasteiger partial charge in [-0.05, 0) is 17.7 Å². The number of hydrogen-bond acceptors (Lipinski definition) is 9. The number of carbonyl (C=O) groups is 2. The van der Waals surface area contributed by atoms with Gasteiger partial charge < -0.3 is 16.2 Å². The molecule has 0 saturated carbocycles. The number of esters is 1. The van der Waals surface area contributed by atoms with Crippen LogP contribution in [0.3, 0.4) is 0 Å². The zero-order valence-corrected chi connectivity index (χ0v) is 17.4. The fourth-order valence-electron chi connectivity index (χ4n) is 3.08. The molecule has 2 aromatic carbocycles. The molecule has 0 bridgehead atoms. The van der Waals surface area contributed by atoms with Crippen molar-refractivity contribution in [3.63, 3.8) is 0 Å². The number of benzene rings is 2. The summed E-state index contributed by atoms with van der Waals surface area (Å²) < 4.78 is 6.71. The number of hydrogen-bond donors (Lipinski definition) is 2. The number of anilines is 2. The highest BCUT2D eigenvalue weighted by Gasteiger charge is 2.24. The lowest BCUT2D eigenvalue weighted by atomic mass is 10.1. The topological polar surface area (TPSA) is 183 Å². The Morgan fingerprint density at radius 2 is 1.76 bits per heavy atom. The minimum Gasteiger partial charge on any atom is -0.454 e. The third kappa shape index (κ3) is 4.63. The smallest absolute Gasteiger partial charge is 0.338 e. The first-order valence-corrected chi connectivity index (χ1v) is 9.49. The van der Waals surface area contributed by atoms with E-state index >= 15 is 0 Å². The van der Waals surface area contributed by atoms with Crippen molar-refractivity contribution < 1.29 is 19.2 Å². The Morgan fingerprint density at radius 3 is 2.39 bits per heavy atom. The van der Waals surface area contributed by atoms with Crippen LogP contribution < -0.4 is 22.7 Å². The molecule has 1 aromatic heterocycles. The second-order valence-corrected chi connectivity index (χ2v) is 7.01. The van der Waals surface area contributed by atoms with Gasteiger partial charge >= 0.3 is 11.7 Å². The number of Topliss-reactive ketones (excluding diaryl/α,β-unsaturated/α-hetero) is 1. The van der Waals surface area contributed by atoms with Crippen LogP contribution in [0, 0.1) is 10.1 Å². The van der Waals surface area contributed by atoms with Crippen LogP contribution in [-0.4, -0.2) is 32.4 Å². The van der Waals surface area contributed by atoms with Crippen LogP contribution in [-0.2, 0) is 18.3 Å². The molecule has 4 N–H and O–H groups in total. The first-order valence-electron chi connectivity index (χ1n) is 9.49. The van der Waals surface area contributed by atoms with Gasteiger partial charge in [0, 0.05) is 13.1 Å². The van der Waals surface area contributed by atoms with Gasteiger partial charge in [0.25, 0.3) is 11.2 Å². The lowest BCUT2D eigenvalue weighted by molar-refractivity contribution is -0.383. The average molecular weight is 453 g/mol. The van der Waals surface area contributed by atoms with Gasteiger partial charge in [-0.2, -0.15) is 0 Å². The van der Waals surface area contributed by atoms with E-state index in [4.69, 9.17) is 16.2 Å². The zero-order chi connectivity index (χ0) is 24.3. The van der Waals surface area contributed by atoms with E-state index in [2.05, 4.69) is 0 Å². The van der Waals surface area contributed by atoms with Crippen LogP contribution >= 0.6 is 0 Å². The molecular weight excluding hydrogens is 434 g/mol. The molecule has 0 aliphatic carbocycles. The summed E-state index contributed by atoms with van der Waals surface area (Å²) in [6.07, 6.45) is 0. The molecule has 3 aromatic rings. The molecule has 12 nitrogen and oxygen atoms in total. The van der Waals surface area contributed by atoms with Gasteiger partial charge in [-0.25, -0.2) is 9.59 Å². The molecule has 0 aliphatic heterocycles. The summed E-state index contributed by atoms with van der Waals surface area (Å²) in [5.74, 6) is -2.34. The van der Waals surface area contributed by atoms with Crippen molar-refractivity contribution in [2.45, 2.75) is 6.54 Å². The number of rotatable bonds is 7. The van der Waals surface area contributed by atoms with Crippen LogP contribution in [0.5, 0.6) is 0 Å². The van der Waals surface area contributed by atoms with Gasteiger partial charge in [0.2, 0.25) is 5.78 Å². The third-order valence-electron chi connectivity index (χ3n) is 4.84. The van der Waals surface area contributed by atoms with Crippen molar-refractivity contribution >= 4 is 28.9 Å². The van der Waals surface area contributed by atoms with Crippen LogP contribution in [0.2, 0.25) is 0 Å². The predicted molar refractivity (Wildman–Crippen MR) is 118 cm³/mol. The van der Waals surface area contributed by atoms with Crippen LogP contribution in [0.25, 0.3) is 0 Å². The van der Waals surface area contributed by atoms with Crippen molar-refractivity contribution in [2.75, 3.05) is 18.1 Å². The maximum atomic E-state index is 12.7. The highest BCUT2D eigenvalue weighted by molar-refractivity contribution is 6.02. The number of ether oxygens (including phenoxy) is 1. The third-order valence-corrected chi connectivity index (χ3v) is 4.84. The fourth-order valence-corrected chi connectivity index (χ4v) is 3.08. The maximum absolute atomic E-state index is 12.7. The maximum Gasteiger partial charge on any atom is 0.338 e. The summed E-state index contributed by atoms with van der Waals surface area (Å²) in [6, 6.07) is 12.0. The Hall–Kier alpha value is -4.74. The number of nitrogens with two attached hydrogens (primary N) is 2. The summed E-state index contributed by atoms with van der Waals surface area (Å²) in [5.41, 5.74) is 9.16. The van der Waals surface area contributed by atoms with Crippen LogP contribution in [0.4, 0.5) is 17.2 Å². The van der Waals surface area contributed by atoms with Gasteiger partial charge in [0.1, 0.15) is 17.1 Å². The quantitative estimate of drug-likeness (QED) is 0.171. The standard InChI is InChI=1S/C21H19N5O7/c1-24-19(28)17(18(23)25(21(24)30)10-12-5-3-2-4-6-12)16(27)11-33-20(29)13-7-8-14(22)15(9-13)26(31)32/h2-9H,10-11,22-23H2,1H3. The monoisotopic (exact) mass is 453 g/mol. The number of nitro groups is 1. The summed E-state index contributed by atoms with van der Waals surface area (Å²) >= 11 is 0. The molecule has 0 aliphatic rings. The molecule has 0 unspecified atom stereocenters. The van der Waals surface area contributed by atoms with Crippen molar-refractivity contribution in [1.82, 2.24) is 9.13 Å². The summed E-state index contributed by atoms with van der Waals surface area (Å²) in [7, 11) is 1.20. The summed E-state index contributed by atoms with van der Waals surface area (Å²) in [4.78, 5) is 60.3. The van der Waals surface area contributed by atoms with Crippen LogP contribution in [0.15, 0.2) is 58.1 Å². The SMILES string of the molecule is Cn1c(=O)c(C(=O)COC(=O)c2ccc(N)c([N+](=O)[O-])c2)c(N)n(Cc2ccccc2)c1=O. The first kappa shape index (κ1) is 22.9. The number of nitro benzene ring substituents is 1. The normalized spacial score (nSPS) is 10.6. The zero-order valence-electron chi connectivity index (χ0n) is 17.4. The van der Waals surface area contributed by atoms with Gasteiger partial charge in [-0.1, -0.05) is 30.3 Å². The molecule has 12 heteroatoms. The highest BCUT2D eigenvalue weighted by atomic mass is 16.6. The molecular formula is C21H19N5O7.